The fraction of sp³-hybridized carbons (Fsp3) is 0.385. The summed E-state index contributed by atoms with van der Waals surface area (Å²) < 4.78 is 7.13. The minimum absolute atomic E-state index is 0.466. The van der Waals surface area contributed by atoms with Gasteiger partial charge in [-0.05, 0) is 11.4 Å². The van der Waals surface area contributed by atoms with Crippen LogP contribution in [0.3, 0.4) is 0 Å². The first-order valence-corrected chi connectivity index (χ1v) is 7.52. The first-order chi connectivity index (χ1) is 9.80. The van der Waals surface area contributed by atoms with Crippen molar-refractivity contribution in [2.24, 2.45) is 0 Å². The molecule has 0 aromatic carbocycles. The molecular formula is C13H15N5OS. The number of nitrogens with zero attached hydrogens (tertiary/aromatic N) is 5. The molecular weight excluding hydrogens is 274 g/mol. The Morgan fingerprint density at radius 3 is 2.85 bits per heavy atom. The average Bonchev–Trinajstić information content (AvgIpc) is 3.19. The van der Waals surface area contributed by atoms with Gasteiger partial charge in [0.15, 0.2) is 5.82 Å². The van der Waals surface area contributed by atoms with Crippen molar-refractivity contribution in [3.8, 4) is 11.4 Å². The Morgan fingerprint density at radius 2 is 2.15 bits per heavy atom. The van der Waals surface area contributed by atoms with E-state index in [4.69, 9.17) is 4.52 Å². The SMILES string of the molecule is CCc1nc(CC)n(Cc2nc(-c3ccsc3)no2)n1. The maximum atomic E-state index is 5.29. The van der Waals surface area contributed by atoms with Gasteiger partial charge < -0.3 is 4.52 Å². The zero-order chi connectivity index (χ0) is 13.9. The van der Waals surface area contributed by atoms with Gasteiger partial charge in [-0.3, -0.25) is 0 Å². The van der Waals surface area contributed by atoms with Gasteiger partial charge in [0.2, 0.25) is 11.7 Å². The molecule has 3 aromatic rings. The average molecular weight is 289 g/mol. The summed E-state index contributed by atoms with van der Waals surface area (Å²) in [7, 11) is 0. The third-order valence-electron chi connectivity index (χ3n) is 2.96. The maximum Gasteiger partial charge on any atom is 0.248 e. The lowest BCUT2D eigenvalue weighted by Crippen LogP contribution is -2.06. The zero-order valence-electron chi connectivity index (χ0n) is 11.4. The van der Waals surface area contributed by atoms with Gasteiger partial charge in [-0.25, -0.2) is 9.67 Å². The Morgan fingerprint density at radius 1 is 1.25 bits per heavy atom. The molecule has 0 radical (unpaired) electrons. The van der Waals surface area contributed by atoms with Crippen molar-refractivity contribution in [3.63, 3.8) is 0 Å². The number of thiophene rings is 1. The maximum absolute atomic E-state index is 5.29. The fourth-order valence-electron chi connectivity index (χ4n) is 1.92. The van der Waals surface area contributed by atoms with E-state index in [2.05, 4.69) is 27.1 Å². The van der Waals surface area contributed by atoms with Crippen LogP contribution in [0.4, 0.5) is 0 Å². The molecule has 0 saturated heterocycles. The third kappa shape index (κ3) is 2.49. The summed E-state index contributed by atoms with van der Waals surface area (Å²) in [6, 6.07) is 1.97. The van der Waals surface area contributed by atoms with E-state index in [0.717, 1.165) is 30.1 Å². The Hall–Kier alpha value is -2.02. The highest BCUT2D eigenvalue weighted by Gasteiger charge is 2.13. The largest absolute Gasteiger partial charge is 0.337 e. The molecule has 0 unspecified atom stereocenters. The Labute approximate surface area is 120 Å². The molecule has 0 aliphatic heterocycles. The van der Waals surface area contributed by atoms with E-state index < -0.39 is 0 Å². The summed E-state index contributed by atoms with van der Waals surface area (Å²) in [5, 5.41) is 12.4. The van der Waals surface area contributed by atoms with Gasteiger partial charge in [0, 0.05) is 23.8 Å². The second-order valence-electron chi connectivity index (χ2n) is 4.33. The Balaban J connectivity index is 1.83. The lowest BCUT2D eigenvalue weighted by Gasteiger charge is -1.99. The van der Waals surface area contributed by atoms with Crippen LogP contribution in [0.25, 0.3) is 11.4 Å². The standard InChI is InChI=1S/C13H15N5OS/c1-3-10-14-11(4-2)18(16-10)7-12-15-13(17-19-12)9-5-6-20-8-9/h5-6,8H,3-4,7H2,1-2H3. The summed E-state index contributed by atoms with van der Waals surface area (Å²) in [5.74, 6) is 2.96. The molecule has 7 heteroatoms. The van der Waals surface area contributed by atoms with Crippen molar-refractivity contribution >= 4 is 11.3 Å². The number of hydrogen-bond acceptors (Lipinski definition) is 6. The topological polar surface area (TPSA) is 69.6 Å². The first kappa shape index (κ1) is 13.0. The monoisotopic (exact) mass is 289 g/mol. The van der Waals surface area contributed by atoms with Crippen molar-refractivity contribution in [3.05, 3.63) is 34.4 Å². The smallest absolute Gasteiger partial charge is 0.248 e. The lowest BCUT2D eigenvalue weighted by atomic mass is 10.3. The predicted molar refractivity (Wildman–Crippen MR) is 75.5 cm³/mol. The van der Waals surface area contributed by atoms with E-state index in [1.54, 1.807) is 11.3 Å². The van der Waals surface area contributed by atoms with E-state index in [-0.39, 0.29) is 0 Å². The van der Waals surface area contributed by atoms with E-state index in [9.17, 15) is 0 Å². The molecule has 0 saturated carbocycles. The Bertz CT molecular complexity index is 686. The molecule has 0 aliphatic carbocycles. The van der Waals surface area contributed by atoms with Crippen LogP contribution in [0.5, 0.6) is 0 Å². The molecule has 104 valence electrons. The fourth-order valence-corrected chi connectivity index (χ4v) is 2.55. The van der Waals surface area contributed by atoms with Gasteiger partial charge >= 0.3 is 0 Å². The number of hydrogen-bond donors (Lipinski definition) is 0. The van der Waals surface area contributed by atoms with E-state index in [1.807, 2.05) is 28.4 Å². The predicted octanol–water partition coefficient (Wildman–Crippen LogP) is 2.56. The quantitative estimate of drug-likeness (QED) is 0.722. The van der Waals surface area contributed by atoms with Gasteiger partial charge in [0.1, 0.15) is 12.4 Å². The second-order valence-corrected chi connectivity index (χ2v) is 5.11. The minimum atomic E-state index is 0.466. The van der Waals surface area contributed by atoms with Crippen molar-refractivity contribution in [2.45, 2.75) is 33.2 Å². The molecule has 0 aliphatic rings. The highest BCUT2D eigenvalue weighted by atomic mass is 32.1. The Kier molecular flexibility index (Phi) is 3.60. The van der Waals surface area contributed by atoms with Crippen LogP contribution in [0.15, 0.2) is 21.3 Å². The van der Waals surface area contributed by atoms with Crippen molar-refractivity contribution < 1.29 is 4.52 Å². The van der Waals surface area contributed by atoms with Gasteiger partial charge in [-0.1, -0.05) is 19.0 Å². The van der Waals surface area contributed by atoms with Gasteiger partial charge in [0.05, 0.1) is 0 Å². The normalized spacial score (nSPS) is 11.1. The van der Waals surface area contributed by atoms with Crippen LogP contribution < -0.4 is 0 Å². The van der Waals surface area contributed by atoms with Crippen molar-refractivity contribution in [1.82, 2.24) is 24.9 Å². The summed E-state index contributed by atoms with van der Waals surface area (Å²) in [6.45, 7) is 4.57. The van der Waals surface area contributed by atoms with Crippen molar-refractivity contribution in [2.75, 3.05) is 0 Å². The molecule has 6 nitrogen and oxygen atoms in total. The number of rotatable bonds is 5. The third-order valence-corrected chi connectivity index (χ3v) is 3.64. The molecule has 0 atom stereocenters. The van der Waals surface area contributed by atoms with Crippen LogP contribution in [-0.2, 0) is 19.4 Å². The van der Waals surface area contributed by atoms with Crippen molar-refractivity contribution in [1.29, 1.82) is 0 Å². The van der Waals surface area contributed by atoms with E-state index in [0.29, 0.717) is 18.3 Å². The molecule has 0 bridgehead atoms. The zero-order valence-corrected chi connectivity index (χ0v) is 12.2. The molecule has 0 fully saturated rings. The van der Waals surface area contributed by atoms with E-state index >= 15 is 0 Å². The van der Waals surface area contributed by atoms with Gasteiger partial charge in [-0.15, -0.1) is 0 Å². The molecule has 0 spiro atoms. The lowest BCUT2D eigenvalue weighted by molar-refractivity contribution is 0.363. The molecule has 3 heterocycles. The van der Waals surface area contributed by atoms with Crippen LogP contribution in [0.1, 0.15) is 31.4 Å². The molecule has 0 N–H and O–H groups in total. The highest BCUT2D eigenvalue weighted by Crippen LogP contribution is 2.19. The summed E-state index contributed by atoms with van der Waals surface area (Å²) in [6.07, 6.45) is 1.66. The summed E-state index contributed by atoms with van der Waals surface area (Å²) >= 11 is 1.61. The summed E-state index contributed by atoms with van der Waals surface area (Å²) in [4.78, 5) is 8.86. The first-order valence-electron chi connectivity index (χ1n) is 6.58. The second kappa shape index (κ2) is 5.54. The van der Waals surface area contributed by atoms with Gasteiger partial charge in [0.25, 0.3) is 0 Å². The van der Waals surface area contributed by atoms with Crippen LogP contribution >= 0.6 is 11.3 Å². The molecule has 0 amide bonds. The molecule has 3 rings (SSSR count). The number of aryl methyl sites for hydroxylation is 2. The van der Waals surface area contributed by atoms with Gasteiger partial charge in [-0.2, -0.15) is 21.4 Å². The van der Waals surface area contributed by atoms with Crippen LogP contribution in [0, 0.1) is 0 Å². The minimum Gasteiger partial charge on any atom is -0.337 e. The number of aromatic nitrogens is 5. The molecule has 20 heavy (non-hydrogen) atoms. The van der Waals surface area contributed by atoms with E-state index in [1.165, 1.54) is 0 Å². The van der Waals surface area contributed by atoms with Crippen LogP contribution in [0.2, 0.25) is 0 Å². The molecule has 3 aromatic heterocycles. The highest BCUT2D eigenvalue weighted by molar-refractivity contribution is 7.08. The van der Waals surface area contributed by atoms with Crippen LogP contribution in [-0.4, -0.2) is 24.9 Å². The summed E-state index contributed by atoms with van der Waals surface area (Å²) in [5.41, 5.74) is 0.980.